The van der Waals surface area contributed by atoms with Gasteiger partial charge in [-0.3, -0.25) is 9.59 Å². The molecule has 0 aliphatic carbocycles. The molecule has 2 amide bonds. The van der Waals surface area contributed by atoms with Gasteiger partial charge in [0.05, 0.1) is 20.1 Å². The van der Waals surface area contributed by atoms with Crippen LogP contribution in [0.3, 0.4) is 0 Å². The van der Waals surface area contributed by atoms with Crippen LogP contribution in [0.15, 0.2) is 46.2 Å². The smallest absolute Gasteiger partial charge is 0.246 e. The Bertz CT molecular complexity index is 1200. The summed E-state index contributed by atoms with van der Waals surface area (Å²) >= 11 is 27.4. The van der Waals surface area contributed by atoms with Gasteiger partial charge in [0.25, 0.3) is 0 Å². The first-order chi connectivity index (χ1) is 18.6. The second-order valence-electron chi connectivity index (χ2n) is 8.89. The third kappa shape index (κ3) is 7.70. The minimum Gasteiger partial charge on any atom is -0.336 e. The molecule has 0 saturated carbocycles. The van der Waals surface area contributed by atoms with Crippen LogP contribution in [0.25, 0.3) is 12.2 Å². The van der Waals surface area contributed by atoms with Crippen LogP contribution in [0.1, 0.15) is 11.1 Å². The average molecular weight is 632 g/mol. The molecule has 2 heterocycles. The van der Waals surface area contributed by atoms with Gasteiger partial charge >= 0.3 is 0 Å². The summed E-state index contributed by atoms with van der Waals surface area (Å²) in [6, 6.07) is 7.11. The van der Waals surface area contributed by atoms with Crippen molar-refractivity contribution in [3.8, 4) is 0 Å². The minimum atomic E-state index is -0.168. The van der Waals surface area contributed by atoms with E-state index in [1.54, 1.807) is 46.2 Å². The highest BCUT2D eigenvalue weighted by Crippen LogP contribution is 2.44. The maximum atomic E-state index is 12.5. The molecule has 0 radical (unpaired) electrons. The van der Waals surface area contributed by atoms with E-state index in [0.717, 1.165) is 0 Å². The fraction of sp³-hybridized carbons (Fsp3) is 0.308. The van der Waals surface area contributed by atoms with Crippen molar-refractivity contribution in [1.82, 2.24) is 19.9 Å². The predicted molar refractivity (Wildman–Crippen MR) is 155 cm³/mol. The largest absolute Gasteiger partial charge is 0.336 e. The summed E-state index contributed by atoms with van der Waals surface area (Å²) in [5.74, 6) is -0.336. The summed E-state index contributed by atoms with van der Waals surface area (Å²) in [6.45, 7) is 3.40. The monoisotopic (exact) mass is 630 g/mol. The molecule has 0 spiro atoms. The molecule has 2 aromatic rings. The van der Waals surface area contributed by atoms with Gasteiger partial charge in [0.15, 0.2) is 0 Å². The van der Waals surface area contributed by atoms with E-state index in [9.17, 15) is 20.0 Å². The highest BCUT2D eigenvalue weighted by molar-refractivity contribution is 7.99. The van der Waals surface area contributed by atoms with Gasteiger partial charge in [0, 0.05) is 74.3 Å². The lowest BCUT2D eigenvalue weighted by atomic mass is 10.2. The first-order valence-electron chi connectivity index (χ1n) is 12.1. The molecule has 2 aliphatic rings. The summed E-state index contributed by atoms with van der Waals surface area (Å²) in [6.07, 6.45) is 6.12. The summed E-state index contributed by atoms with van der Waals surface area (Å²) in [5.41, 5.74) is 1.18. The quantitative estimate of drug-likeness (QED) is 0.405. The molecule has 208 valence electrons. The second kappa shape index (κ2) is 13.7. The van der Waals surface area contributed by atoms with Crippen molar-refractivity contribution in [1.29, 1.82) is 0 Å². The predicted octanol–water partition coefficient (Wildman–Crippen LogP) is 5.54. The molecule has 13 heteroatoms. The van der Waals surface area contributed by atoms with Gasteiger partial charge in [-0.25, -0.2) is 0 Å². The molecule has 39 heavy (non-hydrogen) atoms. The number of piperazine rings is 2. The Morgan fingerprint density at radius 1 is 0.615 bits per heavy atom. The third-order valence-electron chi connectivity index (χ3n) is 6.32. The lowest BCUT2D eigenvalue weighted by molar-refractivity contribution is -0.142. The molecule has 0 bridgehead atoms. The average Bonchev–Trinajstić information content (AvgIpc) is 2.93. The molecule has 2 fully saturated rings. The Morgan fingerprint density at radius 2 is 0.974 bits per heavy atom. The van der Waals surface area contributed by atoms with E-state index in [1.165, 1.54) is 34.0 Å². The highest BCUT2D eigenvalue weighted by atomic mass is 35.5. The van der Waals surface area contributed by atoms with Crippen LogP contribution in [0.5, 0.6) is 0 Å². The van der Waals surface area contributed by atoms with Crippen molar-refractivity contribution < 1.29 is 20.0 Å². The normalized spacial score (nSPS) is 17.5. The molecular formula is C26H26Cl4N4O4S. The lowest BCUT2D eigenvalue weighted by Crippen LogP contribution is -2.46. The van der Waals surface area contributed by atoms with Gasteiger partial charge in [-0.05, 0) is 35.4 Å². The van der Waals surface area contributed by atoms with E-state index in [-0.39, 0.29) is 11.8 Å². The maximum absolute atomic E-state index is 12.5. The topological polar surface area (TPSA) is 87.6 Å². The van der Waals surface area contributed by atoms with Gasteiger partial charge < -0.3 is 20.2 Å². The Labute approximate surface area is 250 Å². The van der Waals surface area contributed by atoms with Crippen LogP contribution in [-0.2, 0) is 9.59 Å². The molecule has 2 N–H and O–H groups in total. The number of nitrogens with zero attached hydrogens (tertiary/aromatic N) is 4. The van der Waals surface area contributed by atoms with E-state index in [4.69, 9.17) is 46.4 Å². The number of halogens is 4. The summed E-state index contributed by atoms with van der Waals surface area (Å²) in [5, 5.41) is 22.5. The maximum Gasteiger partial charge on any atom is 0.246 e. The van der Waals surface area contributed by atoms with Crippen molar-refractivity contribution in [3.05, 3.63) is 67.6 Å². The van der Waals surface area contributed by atoms with Crippen LogP contribution in [0.4, 0.5) is 0 Å². The van der Waals surface area contributed by atoms with Crippen LogP contribution in [0.2, 0.25) is 20.1 Å². The molecule has 0 aromatic heterocycles. The van der Waals surface area contributed by atoms with Gasteiger partial charge in [-0.2, -0.15) is 10.1 Å². The van der Waals surface area contributed by atoms with Gasteiger partial charge in [0.2, 0.25) is 11.8 Å². The number of hydrogen-bond acceptors (Lipinski definition) is 7. The van der Waals surface area contributed by atoms with Crippen LogP contribution in [0, 0.1) is 0 Å². The molecule has 8 nitrogen and oxygen atoms in total. The van der Waals surface area contributed by atoms with Crippen molar-refractivity contribution in [2.75, 3.05) is 52.4 Å². The van der Waals surface area contributed by atoms with Gasteiger partial charge in [-0.1, -0.05) is 70.3 Å². The number of rotatable bonds is 6. The van der Waals surface area contributed by atoms with Crippen molar-refractivity contribution in [2.45, 2.75) is 9.79 Å². The van der Waals surface area contributed by atoms with Crippen LogP contribution < -0.4 is 0 Å². The number of amides is 2. The molecule has 2 aliphatic heterocycles. The van der Waals surface area contributed by atoms with Crippen molar-refractivity contribution in [3.63, 3.8) is 0 Å². The molecule has 2 aromatic carbocycles. The Balaban J connectivity index is 1.43. The zero-order valence-electron chi connectivity index (χ0n) is 20.7. The summed E-state index contributed by atoms with van der Waals surface area (Å²) < 4.78 is 0. The number of carbonyl (C=O) groups excluding carboxylic acids is 2. The lowest BCUT2D eigenvalue weighted by Gasteiger charge is -2.30. The van der Waals surface area contributed by atoms with Crippen molar-refractivity contribution >= 4 is 82.1 Å². The minimum absolute atomic E-state index is 0.168. The first-order valence-corrected chi connectivity index (χ1v) is 14.4. The van der Waals surface area contributed by atoms with E-state index in [0.29, 0.717) is 93.4 Å². The number of benzene rings is 2. The molecule has 4 rings (SSSR count). The number of hydrogen-bond donors (Lipinski definition) is 2. The van der Waals surface area contributed by atoms with E-state index >= 15 is 0 Å². The second-order valence-corrected chi connectivity index (χ2v) is 11.5. The third-order valence-corrected chi connectivity index (χ3v) is 9.46. The van der Waals surface area contributed by atoms with Gasteiger partial charge in [-0.15, -0.1) is 0 Å². The van der Waals surface area contributed by atoms with Crippen LogP contribution in [-0.4, -0.2) is 94.5 Å². The summed E-state index contributed by atoms with van der Waals surface area (Å²) in [7, 11) is 0. The van der Waals surface area contributed by atoms with E-state index in [1.807, 2.05) is 0 Å². The number of carbonyl (C=O) groups is 2. The van der Waals surface area contributed by atoms with Crippen molar-refractivity contribution in [2.24, 2.45) is 0 Å². The zero-order valence-corrected chi connectivity index (χ0v) is 24.5. The fourth-order valence-electron chi connectivity index (χ4n) is 3.99. The Morgan fingerprint density at radius 3 is 1.33 bits per heavy atom. The van der Waals surface area contributed by atoms with E-state index in [2.05, 4.69) is 0 Å². The molecule has 0 atom stereocenters. The Kier molecular flexibility index (Phi) is 10.6. The fourth-order valence-corrected chi connectivity index (χ4v) is 6.03. The SMILES string of the molecule is O=C(/C=C/c1ccc(Sc2ccc(/C=C/C(=O)N3CCN(O)CC3)c(Cl)c2Cl)c(Cl)c1Cl)N1CCN(O)CC1. The highest BCUT2D eigenvalue weighted by Gasteiger charge is 2.20. The number of hydroxylamine groups is 4. The molecular weight excluding hydrogens is 606 g/mol. The molecule has 2 saturated heterocycles. The Hall–Kier alpha value is -1.79. The first kappa shape index (κ1) is 30.2. The zero-order chi connectivity index (χ0) is 28.1. The summed E-state index contributed by atoms with van der Waals surface area (Å²) in [4.78, 5) is 29.5. The van der Waals surface area contributed by atoms with Gasteiger partial charge in [0.1, 0.15) is 0 Å². The van der Waals surface area contributed by atoms with Crippen LogP contribution >= 0.6 is 58.2 Å². The van der Waals surface area contributed by atoms with E-state index < -0.39 is 0 Å². The molecule has 0 unspecified atom stereocenters. The standard InChI is InChI=1S/C26H26Cl4N4O4S/c27-23-17(3-7-21(35)31-9-13-33(37)14-10-31)1-5-19(25(23)29)39-20-6-2-18(24(28)26(20)30)4-8-22(36)32-11-15-34(38)16-12-32/h1-8,37-38H,9-16H2/b7-3+,8-4+.